The minimum atomic E-state index is 0.157. The number of nitrogen functional groups attached to an aromatic ring is 1. The van der Waals surface area contributed by atoms with Crippen molar-refractivity contribution < 1.29 is 4.74 Å². The molecule has 0 amide bonds. The van der Waals surface area contributed by atoms with Gasteiger partial charge in [-0.1, -0.05) is 18.2 Å². The Morgan fingerprint density at radius 1 is 1.14 bits per heavy atom. The summed E-state index contributed by atoms with van der Waals surface area (Å²) in [6.07, 6.45) is 1.80. The molecule has 2 heterocycles. The Morgan fingerprint density at radius 2 is 2.05 bits per heavy atom. The monoisotopic (exact) mass is 277 g/mol. The number of benzene rings is 2. The van der Waals surface area contributed by atoms with E-state index in [-0.39, 0.29) is 6.04 Å². The van der Waals surface area contributed by atoms with Crippen LogP contribution in [0.4, 0.5) is 11.4 Å². The lowest BCUT2D eigenvalue weighted by Gasteiger charge is -2.15. The average molecular weight is 277 g/mol. The summed E-state index contributed by atoms with van der Waals surface area (Å²) >= 11 is 0. The Hall–Kier alpha value is -2.75. The van der Waals surface area contributed by atoms with Crippen LogP contribution in [0.5, 0.6) is 5.75 Å². The van der Waals surface area contributed by atoms with E-state index in [0.717, 1.165) is 28.0 Å². The third kappa shape index (κ3) is 2.05. The molecule has 1 unspecified atom stereocenters. The van der Waals surface area contributed by atoms with Crippen LogP contribution in [0.15, 0.2) is 54.7 Å². The molecule has 4 nitrogen and oxygen atoms in total. The number of hydrogen-bond donors (Lipinski definition) is 2. The number of nitrogens with zero attached hydrogens (tertiary/aromatic N) is 1. The van der Waals surface area contributed by atoms with Gasteiger partial charge in [-0.25, -0.2) is 0 Å². The molecule has 2 aromatic carbocycles. The molecule has 0 bridgehead atoms. The van der Waals surface area contributed by atoms with Crippen LogP contribution in [0.25, 0.3) is 10.9 Å². The van der Waals surface area contributed by atoms with Gasteiger partial charge in [-0.2, -0.15) is 0 Å². The molecular formula is C17H15N3O. The summed E-state index contributed by atoms with van der Waals surface area (Å²) in [5.41, 5.74) is 9.68. The second-order valence-corrected chi connectivity index (χ2v) is 5.18. The summed E-state index contributed by atoms with van der Waals surface area (Å²) in [5, 5.41) is 4.62. The number of pyridine rings is 1. The zero-order valence-electron chi connectivity index (χ0n) is 11.4. The SMILES string of the molecule is Nc1ccc2c(NC3COc4ccccc43)ccnc2c1. The van der Waals surface area contributed by atoms with E-state index in [4.69, 9.17) is 10.5 Å². The van der Waals surface area contributed by atoms with Gasteiger partial charge < -0.3 is 15.8 Å². The van der Waals surface area contributed by atoms with Crippen LogP contribution in [0, 0.1) is 0 Å². The normalized spacial score (nSPS) is 16.5. The maximum absolute atomic E-state index is 5.82. The molecular weight excluding hydrogens is 262 g/mol. The van der Waals surface area contributed by atoms with Crippen LogP contribution in [-0.4, -0.2) is 11.6 Å². The third-order valence-electron chi connectivity index (χ3n) is 3.80. The summed E-state index contributed by atoms with van der Waals surface area (Å²) in [6.45, 7) is 0.637. The number of para-hydroxylation sites is 1. The van der Waals surface area contributed by atoms with Crippen molar-refractivity contribution in [1.29, 1.82) is 0 Å². The zero-order chi connectivity index (χ0) is 14.2. The first-order chi connectivity index (χ1) is 10.3. The molecule has 1 aromatic heterocycles. The van der Waals surface area contributed by atoms with Crippen molar-refractivity contribution in [2.45, 2.75) is 6.04 Å². The molecule has 4 rings (SSSR count). The average Bonchev–Trinajstić information content (AvgIpc) is 2.91. The number of rotatable bonds is 2. The van der Waals surface area contributed by atoms with E-state index in [1.54, 1.807) is 6.20 Å². The van der Waals surface area contributed by atoms with Crippen LogP contribution < -0.4 is 15.8 Å². The third-order valence-corrected chi connectivity index (χ3v) is 3.80. The highest BCUT2D eigenvalue weighted by Gasteiger charge is 2.23. The molecule has 1 aliphatic rings. The first kappa shape index (κ1) is 12.0. The molecule has 104 valence electrons. The fourth-order valence-corrected chi connectivity index (χ4v) is 2.76. The Morgan fingerprint density at radius 3 is 3.00 bits per heavy atom. The molecule has 0 saturated carbocycles. The molecule has 0 saturated heterocycles. The van der Waals surface area contributed by atoms with Crippen molar-refractivity contribution in [1.82, 2.24) is 4.98 Å². The lowest BCUT2D eigenvalue weighted by molar-refractivity contribution is 0.340. The molecule has 21 heavy (non-hydrogen) atoms. The highest BCUT2D eigenvalue weighted by Crippen LogP contribution is 2.35. The van der Waals surface area contributed by atoms with Gasteiger partial charge in [0, 0.05) is 28.5 Å². The van der Waals surface area contributed by atoms with E-state index in [1.165, 1.54) is 5.56 Å². The van der Waals surface area contributed by atoms with E-state index < -0.39 is 0 Å². The van der Waals surface area contributed by atoms with Crippen molar-refractivity contribution in [2.24, 2.45) is 0 Å². The predicted molar refractivity (Wildman–Crippen MR) is 84.5 cm³/mol. The zero-order valence-corrected chi connectivity index (χ0v) is 11.4. The summed E-state index contributed by atoms with van der Waals surface area (Å²) in [4.78, 5) is 4.37. The Kier molecular flexibility index (Phi) is 2.67. The van der Waals surface area contributed by atoms with E-state index in [1.807, 2.05) is 42.5 Å². The standard InChI is InChI=1S/C17H15N3O/c18-11-5-6-12-14(7-8-19-15(12)9-11)20-16-10-21-17-4-2-1-3-13(16)17/h1-9,16H,10,18H2,(H,19,20). The van der Waals surface area contributed by atoms with Gasteiger partial charge in [0.25, 0.3) is 0 Å². The number of nitrogens with two attached hydrogens (primary N) is 1. The molecule has 1 aliphatic heterocycles. The summed E-state index contributed by atoms with van der Waals surface area (Å²) in [7, 11) is 0. The fraction of sp³-hybridized carbons (Fsp3) is 0.118. The van der Waals surface area contributed by atoms with Crippen LogP contribution >= 0.6 is 0 Å². The van der Waals surface area contributed by atoms with Crippen molar-refractivity contribution in [2.75, 3.05) is 17.7 Å². The number of nitrogens with one attached hydrogen (secondary N) is 1. The van der Waals surface area contributed by atoms with Crippen molar-refractivity contribution >= 4 is 22.3 Å². The Bertz CT molecular complexity index is 816. The molecule has 0 spiro atoms. The summed E-state index contributed by atoms with van der Waals surface area (Å²) in [6, 6.07) is 16.1. The smallest absolute Gasteiger partial charge is 0.124 e. The molecule has 1 atom stereocenters. The predicted octanol–water partition coefficient (Wildman–Crippen LogP) is 3.36. The Balaban J connectivity index is 1.73. The van der Waals surface area contributed by atoms with Crippen molar-refractivity contribution in [3.63, 3.8) is 0 Å². The number of ether oxygens (including phenoxy) is 1. The lowest BCUT2D eigenvalue weighted by Crippen LogP contribution is -2.12. The fourth-order valence-electron chi connectivity index (χ4n) is 2.76. The number of aromatic nitrogens is 1. The number of anilines is 2. The van der Waals surface area contributed by atoms with E-state index in [0.29, 0.717) is 6.61 Å². The number of fused-ring (bicyclic) bond motifs is 2. The number of hydrogen-bond acceptors (Lipinski definition) is 4. The van der Waals surface area contributed by atoms with E-state index in [2.05, 4.69) is 16.4 Å². The van der Waals surface area contributed by atoms with Crippen molar-refractivity contribution in [3.8, 4) is 5.75 Å². The minimum Gasteiger partial charge on any atom is -0.491 e. The molecule has 0 radical (unpaired) electrons. The Labute approximate surface area is 122 Å². The summed E-state index contributed by atoms with van der Waals surface area (Å²) < 4.78 is 5.72. The van der Waals surface area contributed by atoms with Gasteiger partial charge in [0.05, 0.1) is 11.6 Å². The second-order valence-electron chi connectivity index (χ2n) is 5.18. The molecule has 0 aliphatic carbocycles. The van der Waals surface area contributed by atoms with Gasteiger partial charge in [0.1, 0.15) is 12.4 Å². The van der Waals surface area contributed by atoms with Gasteiger partial charge in [-0.3, -0.25) is 4.98 Å². The van der Waals surface area contributed by atoms with Gasteiger partial charge in [-0.15, -0.1) is 0 Å². The van der Waals surface area contributed by atoms with E-state index >= 15 is 0 Å². The molecule has 0 fully saturated rings. The van der Waals surface area contributed by atoms with Crippen LogP contribution in [0.2, 0.25) is 0 Å². The van der Waals surface area contributed by atoms with Crippen molar-refractivity contribution in [3.05, 3.63) is 60.3 Å². The van der Waals surface area contributed by atoms with E-state index in [9.17, 15) is 0 Å². The largest absolute Gasteiger partial charge is 0.491 e. The molecule has 3 aromatic rings. The maximum Gasteiger partial charge on any atom is 0.124 e. The molecule has 3 N–H and O–H groups in total. The van der Waals surface area contributed by atoms with Gasteiger partial charge >= 0.3 is 0 Å². The van der Waals surface area contributed by atoms with Gasteiger partial charge in [-0.05, 0) is 30.3 Å². The lowest BCUT2D eigenvalue weighted by atomic mass is 10.1. The maximum atomic E-state index is 5.82. The first-order valence-corrected chi connectivity index (χ1v) is 6.94. The highest BCUT2D eigenvalue weighted by molar-refractivity contribution is 5.92. The second kappa shape index (κ2) is 4.66. The van der Waals surface area contributed by atoms with Gasteiger partial charge in [0.2, 0.25) is 0 Å². The summed E-state index contributed by atoms with van der Waals surface area (Å²) in [5.74, 6) is 0.956. The first-order valence-electron chi connectivity index (χ1n) is 6.94. The van der Waals surface area contributed by atoms with Crippen LogP contribution in [0.3, 0.4) is 0 Å². The van der Waals surface area contributed by atoms with Gasteiger partial charge in [0.15, 0.2) is 0 Å². The minimum absolute atomic E-state index is 0.157. The quantitative estimate of drug-likeness (QED) is 0.705. The highest BCUT2D eigenvalue weighted by atomic mass is 16.5. The topological polar surface area (TPSA) is 60.2 Å². The molecule has 4 heteroatoms. The van der Waals surface area contributed by atoms with Crippen LogP contribution in [0.1, 0.15) is 11.6 Å². The van der Waals surface area contributed by atoms with Crippen LogP contribution in [-0.2, 0) is 0 Å².